The fraction of sp³-hybridized carbons (Fsp3) is 0.556. The van der Waals surface area contributed by atoms with E-state index in [4.69, 9.17) is 0 Å². The maximum absolute atomic E-state index is 12.5. The highest BCUT2D eigenvalue weighted by Crippen LogP contribution is 2.28. The Balaban J connectivity index is 1.71. The molecule has 0 spiro atoms. The number of aliphatic hydroxyl groups is 1. The maximum atomic E-state index is 12.5. The van der Waals surface area contributed by atoms with Crippen LogP contribution in [0.15, 0.2) is 18.2 Å². The van der Waals surface area contributed by atoms with Crippen LogP contribution in [0.25, 0.3) is 0 Å². The fourth-order valence-electron chi connectivity index (χ4n) is 3.48. The molecule has 6 nitrogen and oxygen atoms in total. The van der Waals surface area contributed by atoms with Gasteiger partial charge in [-0.1, -0.05) is 6.07 Å². The van der Waals surface area contributed by atoms with Gasteiger partial charge in [-0.3, -0.25) is 4.79 Å². The molecule has 2 heterocycles. The molecule has 130 valence electrons. The van der Waals surface area contributed by atoms with Gasteiger partial charge < -0.3 is 20.2 Å². The summed E-state index contributed by atoms with van der Waals surface area (Å²) in [5.74, 6) is 0.309. The van der Waals surface area contributed by atoms with Crippen molar-refractivity contribution in [2.45, 2.75) is 32.6 Å². The molecule has 2 aliphatic rings. The van der Waals surface area contributed by atoms with E-state index in [1.807, 2.05) is 25.1 Å². The second kappa shape index (κ2) is 7.21. The van der Waals surface area contributed by atoms with E-state index in [-0.39, 0.29) is 24.5 Å². The van der Waals surface area contributed by atoms with Gasteiger partial charge in [0, 0.05) is 44.0 Å². The third kappa shape index (κ3) is 3.53. The molecule has 1 aromatic carbocycles. The molecule has 2 saturated heterocycles. The van der Waals surface area contributed by atoms with Crippen LogP contribution >= 0.6 is 0 Å². The van der Waals surface area contributed by atoms with Crippen molar-refractivity contribution in [1.82, 2.24) is 4.90 Å². The van der Waals surface area contributed by atoms with E-state index in [1.54, 1.807) is 9.80 Å². The standard InChI is InChI=1S/C18H25N3O3/c1-13-6-7-15(10-16(13)21-9-3-5-17(21)23)19-18(24)20-8-2-4-14(11-20)12-22/h6-7,10,14,22H,2-5,8-9,11-12H2,1H3,(H,19,24)/t14-/m1/s1. The lowest BCUT2D eigenvalue weighted by Crippen LogP contribution is -2.43. The van der Waals surface area contributed by atoms with E-state index in [2.05, 4.69) is 5.32 Å². The summed E-state index contributed by atoms with van der Waals surface area (Å²) in [6, 6.07) is 5.54. The number of nitrogens with zero attached hydrogens (tertiary/aromatic N) is 2. The smallest absolute Gasteiger partial charge is 0.321 e. The molecule has 3 rings (SSSR count). The first kappa shape index (κ1) is 16.8. The first-order valence-electron chi connectivity index (χ1n) is 8.66. The minimum atomic E-state index is -0.143. The summed E-state index contributed by atoms with van der Waals surface area (Å²) in [7, 11) is 0. The number of aliphatic hydroxyl groups excluding tert-OH is 1. The molecule has 2 aliphatic heterocycles. The van der Waals surface area contributed by atoms with Gasteiger partial charge in [0.25, 0.3) is 0 Å². The van der Waals surface area contributed by atoms with Crippen molar-refractivity contribution in [3.63, 3.8) is 0 Å². The maximum Gasteiger partial charge on any atom is 0.321 e. The number of carbonyl (C=O) groups is 2. The Morgan fingerprint density at radius 3 is 2.88 bits per heavy atom. The average Bonchev–Trinajstić information content (AvgIpc) is 3.02. The number of urea groups is 1. The number of rotatable bonds is 3. The van der Waals surface area contributed by atoms with Crippen molar-refractivity contribution in [2.75, 3.05) is 36.5 Å². The highest BCUT2D eigenvalue weighted by atomic mass is 16.3. The normalized spacial score (nSPS) is 21.2. The van der Waals surface area contributed by atoms with Crippen molar-refractivity contribution in [1.29, 1.82) is 0 Å². The number of piperidine rings is 1. The third-order valence-electron chi connectivity index (χ3n) is 4.89. The van der Waals surface area contributed by atoms with E-state index in [0.29, 0.717) is 25.2 Å². The number of anilines is 2. The summed E-state index contributed by atoms with van der Waals surface area (Å²) in [4.78, 5) is 28.0. The lowest BCUT2D eigenvalue weighted by atomic mass is 9.99. The highest BCUT2D eigenvalue weighted by molar-refractivity contribution is 5.97. The average molecular weight is 331 g/mol. The summed E-state index contributed by atoms with van der Waals surface area (Å²) in [6.45, 7) is 4.14. The molecule has 2 fully saturated rings. The number of hydrogen-bond acceptors (Lipinski definition) is 3. The van der Waals surface area contributed by atoms with Crippen LogP contribution in [0.3, 0.4) is 0 Å². The fourth-order valence-corrected chi connectivity index (χ4v) is 3.48. The van der Waals surface area contributed by atoms with Crippen molar-refractivity contribution < 1.29 is 14.7 Å². The minimum Gasteiger partial charge on any atom is -0.396 e. The molecule has 1 aromatic rings. The number of benzene rings is 1. The topological polar surface area (TPSA) is 72.9 Å². The van der Waals surface area contributed by atoms with Gasteiger partial charge in [0.2, 0.25) is 5.91 Å². The second-order valence-electron chi connectivity index (χ2n) is 6.72. The van der Waals surface area contributed by atoms with Gasteiger partial charge in [0.15, 0.2) is 0 Å². The number of aryl methyl sites for hydroxylation is 1. The largest absolute Gasteiger partial charge is 0.396 e. The summed E-state index contributed by atoms with van der Waals surface area (Å²) in [6.07, 6.45) is 3.35. The molecule has 6 heteroatoms. The lowest BCUT2D eigenvalue weighted by molar-refractivity contribution is -0.117. The molecule has 0 radical (unpaired) electrons. The zero-order valence-electron chi connectivity index (χ0n) is 14.1. The predicted molar refractivity (Wildman–Crippen MR) is 93.2 cm³/mol. The van der Waals surface area contributed by atoms with Gasteiger partial charge >= 0.3 is 6.03 Å². The van der Waals surface area contributed by atoms with E-state index in [9.17, 15) is 14.7 Å². The van der Waals surface area contributed by atoms with Crippen molar-refractivity contribution in [3.05, 3.63) is 23.8 Å². The predicted octanol–water partition coefficient (Wildman–Crippen LogP) is 2.36. The molecular weight excluding hydrogens is 306 g/mol. The van der Waals surface area contributed by atoms with Crippen LogP contribution in [0.4, 0.5) is 16.2 Å². The monoisotopic (exact) mass is 331 g/mol. The third-order valence-corrected chi connectivity index (χ3v) is 4.89. The molecule has 0 saturated carbocycles. The Hall–Kier alpha value is -2.08. The van der Waals surface area contributed by atoms with Crippen LogP contribution in [0.1, 0.15) is 31.2 Å². The number of amides is 3. The van der Waals surface area contributed by atoms with Crippen molar-refractivity contribution >= 4 is 23.3 Å². The Morgan fingerprint density at radius 1 is 1.33 bits per heavy atom. The molecule has 0 aromatic heterocycles. The van der Waals surface area contributed by atoms with Crippen LogP contribution in [0, 0.1) is 12.8 Å². The SMILES string of the molecule is Cc1ccc(NC(=O)N2CCC[C@@H](CO)C2)cc1N1CCCC1=O. The van der Waals surface area contributed by atoms with Crippen molar-refractivity contribution in [2.24, 2.45) is 5.92 Å². The zero-order valence-corrected chi connectivity index (χ0v) is 14.1. The van der Waals surface area contributed by atoms with Crippen LogP contribution in [-0.2, 0) is 4.79 Å². The van der Waals surface area contributed by atoms with Gasteiger partial charge in [-0.15, -0.1) is 0 Å². The van der Waals surface area contributed by atoms with E-state index < -0.39 is 0 Å². The van der Waals surface area contributed by atoms with Crippen LogP contribution in [-0.4, -0.2) is 48.2 Å². The Labute approximate surface area is 142 Å². The van der Waals surface area contributed by atoms with Crippen molar-refractivity contribution in [3.8, 4) is 0 Å². The number of likely N-dealkylation sites (tertiary alicyclic amines) is 1. The lowest BCUT2D eigenvalue weighted by Gasteiger charge is -2.32. The summed E-state index contributed by atoms with van der Waals surface area (Å²) >= 11 is 0. The number of nitrogens with one attached hydrogen (secondary N) is 1. The number of carbonyl (C=O) groups excluding carboxylic acids is 2. The molecule has 0 bridgehead atoms. The van der Waals surface area contributed by atoms with Gasteiger partial charge in [0.1, 0.15) is 0 Å². The van der Waals surface area contributed by atoms with Crippen LogP contribution < -0.4 is 10.2 Å². The minimum absolute atomic E-state index is 0.121. The summed E-state index contributed by atoms with van der Waals surface area (Å²) < 4.78 is 0. The Kier molecular flexibility index (Phi) is 5.04. The summed E-state index contributed by atoms with van der Waals surface area (Å²) in [5, 5.41) is 12.2. The summed E-state index contributed by atoms with van der Waals surface area (Å²) in [5.41, 5.74) is 2.61. The van der Waals surface area contributed by atoms with Gasteiger partial charge in [-0.2, -0.15) is 0 Å². The van der Waals surface area contributed by atoms with Gasteiger partial charge in [-0.05, 0) is 49.8 Å². The highest BCUT2D eigenvalue weighted by Gasteiger charge is 2.25. The van der Waals surface area contributed by atoms with Gasteiger partial charge in [0.05, 0.1) is 0 Å². The first-order chi connectivity index (χ1) is 11.6. The van der Waals surface area contributed by atoms with E-state index in [1.165, 1.54) is 0 Å². The Bertz CT molecular complexity index is 632. The number of hydrogen-bond donors (Lipinski definition) is 2. The van der Waals surface area contributed by atoms with Crippen LogP contribution in [0.5, 0.6) is 0 Å². The second-order valence-corrected chi connectivity index (χ2v) is 6.72. The molecule has 2 N–H and O–H groups in total. The molecule has 3 amide bonds. The molecular formula is C18H25N3O3. The first-order valence-corrected chi connectivity index (χ1v) is 8.66. The molecule has 0 aliphatic carbocycles. The molecule has 24 heavy (non-hydrogen) atoms. The zero-order chi connectivity index (χ0) is 17.1. The quantitative estimate of drug-likeness (QED) is 0.893. The molecule has 0 unspecified atom stereocenters. The Morgan fingerprint density at radius 2 is 2.17 bits per heavy atom. The van der Waals surface area contributed by atoms with Gasteiger partial charge in [-0.25, -0.2) is 4.79 Å². The van der Waals surface area contributed by atoms with E-state index in [0.717, 1.165) is 37.1 Å². The van der Waals surface area contributed by atoms with Crippen LogP contribution in [0.2, 0.25) is 0 Å². The molecule has 1 atom stereocenters. The van der Waals surface area contributed by atoms with E-state index >= 15 is 0 Å².